The monoisotopic (exact) mass is 303 g/mol. The van der Waals surface area contributed by atoms with Crippen LogP contribution in [0, 0.1) is 0 Å². The summed E-state index contributed by atoms with van der Waals surface area (Å²) < 4.78 is 10.3. The second kappa shape index (κ2) is 7.04. The molecule has 2 rings (SSSR count). The summed E-state index contributed by atoms with van der Waals surface area (Å²) in [5, 5.41) is 0. The molecule has 0 bridgehead atoms. The molecule has 0 spiro atoms. The number of methoxy groups -OCH3 is 1. The van der Waals surface area contributed by atoms with Crippen molar-refractivity contribution in [2.45, 2.75) is 16.7 Å². The number of anilines is 1. The van der Waals surface area contributed by atoms with E-state index in [0.717, 1.165) is 15.5 Å². The maximum atomic E-state index is 11.8. The van der Waals surface area contributed by atoms with Crippen molar-refractivity contribution in [3.05, 3.63) is 48.0 Å². The fourth-order valence-electron chi connectivity index (χ4n) is 1.79. The molecule has 0 aliphatic carbocycles. The number of hydrogen-bond donors (Lipinski definition) is 1. The summed E-state index contributed by atoms with van der Waals surface area (Å²) in [5.74, 6) is 0.419. The topological polar surface area (TPSA) is 61.5 Å². The number of nitrogen functional groups attached to an aromatic ring is 1. The van der Waals surface area contributed by atoms with Crippen LogP contribution in [0.2, 0.25) is 0 Å². The first kappa shape index (κ1) is 15.3. The van der Waals surface area contributed by atoms with Gasteiger partial charge in [0, 0.05) is 10.6 Å². The normalized spacial score (nSPS) is 10.2. The Bertz CT molecular complexity index is 643. The van der Waals surface area contributed by atoms with Gasteiger partial charge in [-0.2, -0.15) is 0 Å². The molecule has 0 aromatic heterocycles. The van der Waals surface area contributed by atoms with Crippen LogP contribution in [-0.2, 0) is 4.74 Å². The van der Waals surface area contributed by atoms with Crippen LogP contribution in [0.15, 0.2) is 52.3 Å². The zero-order valence-electron chi connectivity index (χ0n) is 12.0. The average molecular weight is 303 g/mol. The van der Waals surface area contributed by atoms with E-state index in [1.165, 1.54) is 11.8 Å². The molecule has 0 radical (unpaired) electrons. The number of nitrogens with two attached hydrogens (primary N) is 1. The molecule has 0 amide bonds. The number of rotatable bonds is 5. The van der Waals surface area contributed by atoms with E-state index >= 15 is 0 Å². The second-order valence-electron chi connectivity index (χ2n) is 4.23. The van der Waals surface area contributed by atoms with Gasteiger partial charge in [0.05, 0.1) is 24.2 Å². The van der Waals surface area contributed by atoms with Crippen LogP contribution in [0.1, 0.15) is 17.3 Å². The van der Waals surface area contributed by atoms with Gasteiger partial charge in [-0.3, -0.25) is 0 Å². The minimum Gasteiger partial charge on any atom is -0.496 e. The molecule has 21 heavy (non-hydrogen) atoms. The first-order valence-electron chi connectivity index (χ1n) is 6.53. The van der Waals surface area contributed by atoms with E-state index in [9.17, 15) is 4.79 Å². The van der Waals surface area contributed by atoms with Gasteiger partial charge >= 0.3 is 5.97 Å². The Morgan fingerprint density at radius 3 is 2.67 bits per heavy atom. The summed E-state index contributed by atoms with van der Waals surface area (Å²) in [5.41, 5.74) is 7.09. The minimum absolute atomic E-state index is 0.345. The Labute approximate surface area is 128 Å². The molecule has 0 atom stereocenters. The van der Waals surface area contributed by atoms with Crippen molar-refractivity contribution in [2.75, 3.05) is 19.5 Å². The van der Waals surface area contributed by atoms with Crippen molar-refractivity contribution in [3.8, 4) is 5.75 Å². The molecular weight excluding hydrogens is 286 g/mol. The third kappa shape index (κ3) is 3.70. The Morgan fingerprint density at radius 2 is 1.95 bits per heavy atom. The Morgan fingerprint density at radius 1 is 1.19 bits per heavy atom. The van der Waals surface area contributed by atoms with Crippen molar-refractivity contribution in [3.63, 3.8) is 0 Å². The summed E-state index contributed by atoms with van der Waals surface area (Å²) in [6.07, 6.45) is 0. The van der Waals surface area contributed by atoms with E-state index in [1.54, 1.807) is 32.2 Å². The number of benzene rings is 2. The van der Waals surface area contributed by atoms with Crippen LogP contribution >= 0.6 is 11.8 Å². The van der Waals surface area contributed by atoms with Gasteiger partial charge in [-0.05, 0) is 37.3 Å². The van der Waals surface area contributed by atoms with Crippen molar-refractivity contribution in [1.29, 1.82) is 0 Å². The third-order valence-electron chi connectivity index (χ3n) is 2.81. The van der Waals surface area contributed by atoms with Gasteiger partial charge < -0.3 is 15.2 Å². The van der Waals surface area contributed by atoms with Crippen LogP contribution in [0.4, 0.5) is 5.69 Å². The fourth-order valence-corrected chi connectivity index (χ4v) is 2.79. The lowest BCUT2D eigenvalue weighted by atomic mass is 10.2. The maximum Gasteiger partial charge on any atom is 0.338 e. The van der Waals surface area contributed by atoms with E-state index in [4.69, 9.17) is 15.2 Å². The van der Waals surface area contributed by atoms with Crippen molar-refractivity contribution < 1.29 is 14.3 Å². The minimum atomic E-state index is -0.348. The molecule has 0 saturated heterocycles. The van der Waals surface area contributed by atoms with Gasteiger partial charge in [-0.1, -0.05) is 23.9 Å². The quantitative estimate of drug-likeness (QED) is 0.675. The van der Waals surface area contributed by atoms with Gasteiger partial charge in [-0.15, -0.1) is 0 Å². The zero-order chi connectivity index (χ0) is 15.2. The van der Waals surface area contributed by atoms with Crippen LogP contribution in [-0.4, -0.2) is 19.7 Å². The maximum absolute atomic E-state index is 11.8. The number of hydrogen-bond acceptors (Lipinski definition) is 5. The molecule has 4 nitrogen and oxygen atoms in total. The molecule has 0 aliphatic rings. The summed E-state index contributed by atoms with van der Waals surface area (Å²) in [6.45, 7) is 2.12. The lowest BCUT2D eigenvalue weighted by Crippen LogP contribution is -2.05. The number of ether oxygens (including phenoxy) is 2. The number of carbonyl (C=O) groups is 1. The molecule has 2 N–H and O–H groups in total. The first-order valence-corrected chi connectivity index (χ1v) is 7.35. The summed E-state index contributed by atoms with van der Waals surface area (Å²) in [4.78, 5) is 13.5. The molecule has 0 aliphatic heterocycles. The van der Waals surface area contributed by atoms with Crippen molar-refractivity contribution in [1.82, 2.24) is 0 Å². The van der Waals surface area contributed by atoms with Crippen LogP contribution in [0.5, 0.6) is 5.75 Å². The highest BCUT2D eigenvalue weighted by molar-refractivity contribution is 7.99. The Balaban J connectivity index is 2.31. The average Bonchev–Trinajstić information content (AvgIpc) is 2.50. The Kier molecular flexibility index (Phi) is 5.11. The Hall–Kier alpha value is -2.14. The zero-order valence-corrected chi connectivity index (χ0v) is 12.8. The molecule has 0 fully saturated rings. The van der Waals surface area contributed by atoms with Gasteiger partial charge in [-0.25, -0.2) is 4.79 Å². The highest BCUT2D eigenvalue weighted by Gasteiger charge is 2.12. The molecule has 2 aromatic rings. The van der Waals surface area contributed by atoms with E-state index in [2.05, 4.69) is 0 Å². The molecule has 0 unspecified atom stereocenters. The summed E-state index contributed by atoms with van der Waals surface area (Å²) >= 11 is 1.46. The van der Waals surface area contributed by atoms with E-state index in [1.807, 2.05) is 24.3 Å². The van der Waals surface area contributed by atoms with Crippen molar-refractivity contribution in [2.24, 2.45) is 0 Å². The summed E-state index contributed by atoms with van der Waals surface area (Å²) in [6, 6.07) is 12.8. The van der Waals surface area contributed by atoms with Crippen LogP contribution in [0.3, 0.4) is 0 Å². The largest absolute Gasteiger partial charge is 0.496 e. The van der Waals surface area contributed by atoms with E-state index in [-0.39, 0.29) is 5.97 Å². The predicted octanol–water partition coefficient (Wildman–Crippen LogP) is 3.61. The molecule has 0 saturated carbocycles. The predicted molar refractivity (Wildman–Crippen MR) is 83.9 cm³/mol. The highest BCUT2D eigenvalue weighted by Crippen LogP contribution is 2.37. The molecule has 2 aromatic carbocycles. The lowest BCUT2D eigenvalue weighted by Gasteiger charge is -2.10. The highest BCUT2D eigenvalue weighted by atomic mass is 32.2. The summed E-state index contributed by atoms with van der Waals surface area (Å²) in [7, 11) is 1.62. The first-order chi connectivity index (χ1) is 10.2. The lowest BCUT2D eigenvalue weighted by molar-refractivity contribution is 0.0526. The molecule has 5 heteroatoms. The second-order valence-corrected chi connectivity index (χ2v) is 5.31. The SMILES string of the molecule is CCOC(=O)c1ccc(N)c(Sc2ccccc2OC)c1. The van der Waals surface area contributed by atoms with Gasteiger partial charge in [0.2, 0.25) is 0 Å². The number of carbonyl (C=O) groups excluding carboxylic acids is 1. The number of para-hydroxylation sites is 1. The molecule has 110 valence electrons. The van der Waals surface area contributed by atoms with Crippen molar-refractivity contribution >= 4 is 23.4 Å². The smallest absolute Gasteiger partial charge is 0.338 e. The van der Waals surface area contributed by atoms with Gasteiger partial charge in [0.25, 0.3) is 0 Å². The third-order valence-corrected chi connectivity index (χ3v) is 3.94. The van der Waals surface area contributed by atoms with Crippen LogP contribution < -0.4 is 10.5 Å². The van der Waals surface area contributed by atoms with E-state index < -0.39 is 0 Å². The fraction of sp³-hybridized carbons (Fsp3) is 0.188. The molecular formula is C16H17NO3S. The number of esters is 1. The van der Waals surface area contributed by atoms with Gasteiger partial charge in [0.1, 0.15) is 5.75 Å². The van der Waals surface area contributed by atoms with Gasteiger partial charge in [0.15, 0.2) is 0 Å². The molecule has 0 heterocycles. The standard InChI is InChI=1S/C16H17NO3S/c1-3-20-16(18)11-8-9-12(17)15(10-11)21-14-7-5-4-6-13(14)19-2/h4-10H,3,17H2,1-2H3. The van der Waals surface area contributed by atoms with E-state index in [0.29, 0.717) is 17.9 Å². The van der Waals surface area contributed by atoms with Crippen LogP contribution in [0.25, 0.3) is 0 Å².